The number of methoxy groups -OCH3 is 1. The summed E-state index contributed by atoms with van der Waals surface area (Å²) < 4.78 is 5.15. The number of rotatable bonds is 3. The molecule has 0 unspecified atom stereocenters. The van der Waals surface area contributed by atoms with E-state index in [2.05, 4.69) is 20.2 Å². The van der Waals surface area contributed by atoms with Crippen molar-refractivity contribution in [1.29, 1.82) is 0 Å². The maximum atomic E-state index is 6.02. The molecule has 2 heterocycles. The van der Waals surface area contributed by atoms with Crippen LogP contribution >= 0.6 is 11.6 Å². The van der Waals surface area contributed by atoms with Gasteiger partial charge < -0.3 is 15.0 Å². The van der Waals surface area contributed by atoms with E-state index in [1.807, 2.05) is 24.3 Å². The molecule has 3 rings (SSSR count). The summed E-state index contributed by atoms with van der Waals surface area (Å²) >= 11 is 6.02. The van der Waals surface area contributed by atoms with E-state index in [9.17, 15) is 0 Å². The van der Waals surface area contributed by atoms with Crippen LogP contribution in [0.3, 0.4) is 0 Å². The van der Waals surface area contributed by atoms with Crippen molar-refractivity contribution in [3.8, 4) is 5.75 Å². The number of ether oxygens (including phenoxy) is 1. The molecule has 2 aromatic rings. The molecule has 98 valence electrons. The minimum absolute atomic E-state index is 0.460. The Kier molecular flexibility index (Phi) is 3.13. The van der Waals surface area contributed by atoms with Crippen LogP contribution in [0, 0.1) is 0 Å². The highest BCUT2D eigenvalue weighted by molar-refractivity contribution is 6.32. The Labute approximate surface area is 116 Å². The first-order valence-corrected chi connectivity index (χ1v) is 6.28. The topological polar surface area (TPSA) is 50.3 Å². The van der Waals surface area contributed by atoms with E-state index >= 15 is 0 Å². The number of hydrogen-bond acceptors (Lipinski definition) is 5. The first-order chi connectivity index (χ1) is 9.28. The second-order valence-electron chi connectivity index (χ2n) is 4.24. The Morgan fingerprint density at radius 2 is 2.11 bits per heavy atom. The molecular weight excluding hydrogens is 264 g/mol. The monoisotopic (exact) mass is 276 g/mol. The third-order valence-corrected chi connectivity index (χ3v) is 3.35. The maximum absolute atomic E-state index is 6.02. The van der Waals surface area contributed by atoms with E-state index in [1.165, 1.54) is 11.9 Å². The van der Waals surface area contributed by atoms with Crippen LogP contribution in [0.1, 0.15) is 5.56 Å². The summed E-state index contributed by atoms with van der Waals surface area (Å²) in [6.07, 6.45) is 1.48. The van der Waals surface area contributed by atoms with Crippen molar-refractivity contribution in [3.05, 3.63) is 41.3 Å². The molecule has 0 amide bonds. The Morgan fingerprint density at radius 1 is 1.32 bits per heavy atom. The van der Waals surface area contributed by atoms with Crippen LogP contribution in [-0.2, 0) is 6.54 Å². The van der Waals surface area contributed by atoms with Gasteiger partial charge in [0.25, 0.3) is 0 Å². The fourth-order valence-electron chi connectivity index (χ4n) is 2.08. The molecule has 0 radical (unpaired) electrons. The molecule has 0 spiro atoms. The molecule has 6 heteroatoms. The molecule has 1 aliphatic rings. The van der Waals surface area contributed by atoms with E-state index < -0.39 is 0 Å². The van der Waals surface area contributed by atoms with Gasteiger partial charge in [-0.3, -0.25) is 0 Å². The number of aromatic nitrogens is 2. The number of fused-ring (bicyclic) bond motifs is 1. The Balaban J connectivity index is 1.80. The molecule has 1 N–H and O–H groups in total. The van der Waals surface area contributed by atoms with Crippen LogP contribution in [0.5, 0.6) is 5.75 Å². The molecule has 1 aliphatic heterocycles. The minimum Gasteiger partial charge on any atom is -0.497 e. The van der Waals surface area contributed by atoms with Gasteiger partial charge in [-0.05, 0) is 17.7 Å². The van der Waals surface area contributed by atoms with Gasteiger partial charge in [-0.25, -0.2) is 9.97 Å². The summed E-state index contributed by atoms with van der Waals surface area (Å²) in [7, 11) is 1.66. The summed E-state index contributed by atoms with van der Waals surface area (Å²) in [5.41, 5.74) is 1.99. The fourth-order valence-corrected chi connectivity index (χ4v) is 2.27. The quantitative estimate of drug-likeness (QED) is 0.873. The standard InChI is InChI=1S/C13H13ClN4O/c1-19-10-4-2-9(3-5-10)6-18-8-17-11-12(14)15-7-16-13(11)18/h2-5,7,17H,6,8H2,1H3. The zero-order valence-corrected chi connectivity index (χ0v) is 11.2. The van der Waals surface area contributed by atoms with Crippen molar-refractivity contribution in [2.75, 3.05) is 24.0 Å². The second kappa shape index (κ2) is 4.93. The number of nitrogens with one attached hydrogen (secondary N) is 1. The van der Waals surface area contributed by atoms with Crippen LogP contribution in [0.25, 0.3) is 0 Å². The van der Waals surface area contributed by atoms with Crippen molar-refractivity contribution in [1.82, 2.24) is 9.97 Å². The highest BCUT2D eigenvalue weighted by Crippen LogP contribution is 2.34. The number of halogens is 1. The first kappa shape index (κ1) is 12.0. The normalized spacial score (nSPS) is 13.1. The largest absolute Gasteiger partial charge is 0.497 e. The van der Waals surface area contributed by atoms with Gasteiger partial charge >= 0.3 is 0 Å². The lowest BCUT2D eigenvalue weighted by Crippen LogP contribution is -2.22. The van der Waals surface area contributed by atoms with Gasteiger partial charge in [-0.2, -0.15) is 0 Å². The Bertz CT molecular complexity index is 588. The number of hydrogen-bond donors (Lipinski definition) is 1. The maximum Gasteiger partial charge on any atom is 0.158 e. The molecule has 1 aromatic heterocycles. The van der Waals surface area contributed by atoms with E-state index in [0.717, 1.165) is 23.8 Å². The third kappa shape index (κ3) is 2.29. The lowest BCUT2D eigenvalue weighted by atomic mass is 10.2. The smallest absolute Gasteiger partial charge is 0.158 e. The second-order valence-corrected chi connectivity index (χ2v) is 4.60. The zero-order valence-electron chi connectivity index (χ0n) is 10.4. The SMILES string of the molecule is COc1ccc(CN2CNc3c(Cl)ncnc32)cc1. The molecule has 19 heavy (non-hydrogen) atoms. The lowest BCUT2D eigenvalue weighted by molar-refractivity contribution is 0.414. The average molecular weight is 277 g/mol. The average Bonchev–Trinajstić information content (AvgIpc) is 2.84. The highest BCUT2D eigenvalue weighted by atomic mass is 35.5. The van der Waals surface area contributed by atoms with Crippen LogP contribution in [0.15, 0.2) is 30.6 Å². The summed E-state index contributed by atoms with van der Waals surface area (Å²) in [6.45, 7) is 1.44. The Hall–Kier alpha value is -2.01. The van der Waals surface area contributed by atoms with Crippen LogP contribution < -0.4 is 15.0 Å². The van der Waals surface area contributed by atoms with Gasteiger partial charge in [0.1, 0.15) is 17.8 Å². The third-order valence-electron chi connectivity index (χ3n) is 3.06. The van der Waals surface area contributed by atoms with Crippen molar-refractivity contribution in [2.45, 2.75) is 6.54 Å². The van der Waals surface area contributed by atoms with Crippen LogP contribution in [0.2, 0.25) is 5.15 Å². The van der Waals surface area contributed by atoms with E-state index in [1.54, 1.807) is 7.11 Å². The van der Waals surface area contributed by atoms with E-state index in [-0.39, 0.29) is 0 Å². The predicted octanol–water partition coefficient (Wildman–Crippen LogP) is 2.53. The van der Waals surface area contributed by atoms with Crippen molar-refractivity contribution in [2.24, 2.45) is 0 Å². The van der Waals surface area contributed by atoms with Gasteiger partial charge in [0.2, 0.25) is 0 Å². The molecule has 0 saturated carbocycles. The minimum atomic E-state index is 0.460. The molecule has 0 bridgehead atoms. The highest BCUT2D eigenvalue weighted by Gasteiger charge is 2.22. The van der Waals surface area contributed by atoms with Crippen molar-refractivity contribution in [3.63, 3.8) is 0 Å². The Morgan fingerprint density at radius 3 is 2.84 bits per heavy atom. The van der Waals surface area contributed by atoms with Gasteiger partial charge in [0, 0.05) is 6.54 Å². The van der Waals surface area contributed by atoms with Gasteiger partial charge in [0.05, 0.1) is 13.8 Å². The molecule has 0 saturated heterocycles. The number of anilines is 2. The summed E-state index contributed by atoms with van der Waals surface area (Å²) in [5, 5.41) is 3.67. The number of nitrogens with zero attached hydrogens (tertiary/aromatic N) is 3. The van der Waals surface area contributed by atoms with Crippen molar-refractivity contribution < 1.29 is 4.74 Å². The fraction of sp³-hybridized carbons (Fsp3) is 0.231. The molecule has 0 aliphatic carbocycles. The van der Waals surface area contributed by atoms with E-state index in [0.29, 0.717) is 11.8 Å². The summed E-state index contributed by atoms with van der Waals surface area (Å²) in [5.74, 6) is 1.70. The predicted molar refractivity (Wildman–Crippen MR) is 74.7 cm³/mol. The van der Waals surface area contributed by atoms with Gasteiger partial charge in [-0.15, -0.1) is 0 Å². The molecule has 0 atom stereocenters. The molecule has 5 nitrogen and oxygen atoms in total. The van der Waals surface area contributed by atoms with Gasteiger partial charge in [-0.1, -0.05) is 23.7 Å². The molecular formula is C13H13ClN4O. The van der Waals surface area contributed by atoms with Crippen molar-refractivity contribution >= 4 is 23.1 Å². The summed E-state index contributed by atoms with van der Waals surface area (Å²) in [4.78, 5) is 10.4. The van der Waals surface area contributed by atoms with Crippen LogP contribution in [0.4, 0.5) is 11.5 Å². The zero-order chi connectivity index (χ0) is 13.2. The lowest BCUT2D eigenvalue weighted by Gasteiger charge is -2.16. The van der Waals surface area contributed by atoms with Gasteiger partial charge in [0.15, 0.2) is 11.0 Å². The summed E-state index contributed by atoms with van der Waals surface area (Å²) in [6, 6.07) is 7.98. The first-order valence-electron chi connectivity index (χ1n) is 5.90. The van der Waals surface area contributed by atoms with E-state index in [4.69, 9.17) is 16.3 Å². The number of benzene rings is 1. The molecule has 1 aromatic carbocycles. The van der Waals surface area contributed by atoms with Crippen LogP contribution in [-0.4, -0.2) is 23.7 Å². The molecule has 0 fully saturated rings.